The fourth-order valence-electron chi connectivity index (χ4n) is 2.81. The van der Waals surface area contributed by atoms with Gasteiger partial charge in [-0.3, -0.25) is 4.90 Å². The molecule has 0 aliphatic rings. The van der Waals surface area contributed by atoms with Crippen molar-refractivity contribution in [3.8, 4) is 11.1 Å². The minimum Gasteiger partial charge on any atom is -0.395 e. The minimum atomic E-state index is 0.129. The predicted molar refractivity (Wildman–Crippen MR) is 101 cm³/mol. The summed E-state index contributed by atoms with van der Waals surface area (Å²) in [5.74, 6) is 0.434. The Balaban J connectivity index is 1.95. The summed E-state index contributed by atoms with van der Waals surface area (Å²) in [6.45, 7) is 4.58. The first-order valence-electron chi connectivity index (χ1n) is 8.44. The topological polar surface area (TPSA) is 43.7 Å². The summed E-state index contributed by atoms with van der Waals surface area (Å²) in [5.41, 5.74) is 3.65. The van der Waals surface area contributed by atoms with E-state index in [4.69, 9.17) is 21.8 Å². The first-order chi connectivity index (χ1) is 11.6. The van der Waals surface area contributed by atoms with E-state index in [9.17, 15) is 0 Å². The van der Waals surface area contributed by atoms with E-state index in [0.717, 1.165) is 23.6 Å². The van der Waals surface area contributed by atoms with Crippen LogP contribution in [-0.4, -0.2) is 48.0 Å². The van der Waals surface area contributed by atoms with Gasteiger partial charge in [0.25, 0.3) is 0 Å². The molecule has 2 rings (SSSR count). The maximum Gasteiger partial charge on any atom is 0.0558 e. The van der Waals surface area contributed by atoms with Gasteiger partial charge in [0.2, 0.25) is 0 Å². The molecule has 2 aromatic carbocycles. The molecule has 0 saturated heterocycles. The zero-order valence-corrected chi connectivity index (χ0v) is 14.9. The van der Waals surface area contributed by atoms with Crippen molar-refractivity contribution in [1.29, 1.82) is 0 Å². The highest BCUT2D eigenvalue weighted by Gasteiger charge is 2.10. The Morgan fingerprint density at radius 3 is 1.83 bits per heavy atom. The van der Waals surface area contributed by atoms with Gasteiger partial charge >= 0.3 is 0 Å². The highest BCUT2D eigenvalue weighted by molar-refractivity contribution is 6.30. The lowest BCUT2D eigenvalue weighted by atomic mass is 9.95. The molecule has 130 valence electrons. The third-order valence-corrected chi connectivity index (χ3v) is 4.62. The molecule has 0 aromatic heterocycles. The van der Waals surface area contributed by atoms with E-state index >= 15 is 0 Å². The highest BCUT2D eigenvalue weighted by atomic mass is 35.5. The Kier molecular flexibility index (Phi) is 7.73. The van der Waals surface area contributed by atoms with E-state index in [-0.39, 0.29) is 13.2 Å². The molecule has 0 fully saturated rings. The third-order valence-electron chi connectivity index (χ3n) is 4.37. The Labute approximate surface area is 149 Å². The zero-order valence-electron chi connectivity index (χ0n) is 14.2. The SMILES string of the molecule is CC(CCN(CCO)CCO)c1ccc(-c2ccc(Cl)cc2)cc1. The number of hydrogen-bond donors (Lipinski definition) is 2. The average molecular weight is 348 g/mol. The Bertz CT molecular complexity index is 592. The molecule has 0 aliphatic heterocycles. The van der Waals surface area contributed by atoms with Crippen molar-refractivity contribution in [3.05, 3.63) is 59.1 Å². The van der Waals surface area contributed by atoms with Gasteiger partial charge in [-0.1, -0.05) is 54.9 Å². The van der Waals surface area contributed by atoms with Crippen molar-refractivity contribution in [3.63, 3.8) is 0 Å². The number of benzene rings is 2. The first kappa shape index (κ1) is 18.9. The molecule has 0 radical (unpaired) electrons. The van der Waals surface area contributed by atoms with E-state index in [1.54, 1.807) is 0 Å². The molecule has 24 heavy (non-hydrogen) atoms. The predicted octanol–water partition coefficient (Wildman–Crippen LogP) is 3.79. The molecular formula is C20H26ClNO2. The summed E-state index contributed by atoms with van der Waals surface area (Å²) in [5, 5.41) is 18.9. The van der Waals surface area contributed by atoms with Crippen molar-refractivity contribution in [2.75, 3.05) is 32.8 Å². The second-order valence-corrected chi connectivity index (χ2v) is 6.54. The Morgan fingerprint density at radius 2 is 1.33 bits per heavy atom. The molecule has 0 heterocycles. The van der Waals surface area contributed by atoms with Gasteiger partial charge < -0.3 is 10.2 Å². The quantitative estimate of drug-likeness (QED) is 0.725. The molecule has 0 aliphatic carbocycles. The molecule has 3 nitrogen and oxygen atoms in total. The highest BCUT2D eigenvalue weighted by Crippen LogP contribution is 2.25. The summed E-state index contributed by atoms with van der Waals surface area (Å²) < 4.78 is 0. The molecule has 1 unspecified atom stereocenters. The molecule has 0 spiro atoms. The summed E-state index contributed by atoms with van der Waals surface area (Å²) in [6.07, 6.45) is 1.00. The summed E-state index contributed by atoms with van der Waals surface area (Å²) in [6, 6.07) is 16.5. The van der Waals surface area contributed by atoms with E-state index in [0.29, 0.717) is 19.0 Å². The number of aliphatic hydroxyl groups is 2. The smallest absolute Gasteiger partial charge is 0.0558 e. The van der Waals surface area contributed by atoms with Gasteiger partial charge in [-0.05, 0) is 47.7 Å². The van der Waals surface area contributed by atoms with Crippen LogP contribution < -0.4 is 0 Å². The number of halogens is 1. The van der Waals surface area contributed by atoms with Crippen LogP contribution in [0.25, 0.3) is 11.1 Å². The lowest BCUT2D eigenvalue weighted by Gasteiger charge is -2.22. The van der Waals surface area contributed by atoms with Crippen LogP contribution in [-0.2, 0) is 0 Å². The van der Waals surface area contributed by atoms with Gasteiger partial charge in [0.15, 0.2) is 0 Å². The van der Waals surface area contributed by atoms with Crippen molar-refractivity contribution < 1.29 is 10.2 Å². The molecule has 0 amide bonds. The third kappa shape index (κ3) is 5.60. The van der Waals surface area contributed by atoms with E-state index < -0.39 is 0 Å². The summed E-state index contributed by atoms with van der Waals surface area (Å²) in [4.78, 5) is 2.10. The largest absolute Gasteiger partial charge is 0.395 e. The first-order valence-corrected chi connectivity index (χ1v) is 8.82. The molecule has 4 heteroatoms. The van der Waals surface area contributed by atoms with Crippen LogP contribution in [0.1, 0.15) is 24.8 Å². The summed E-state index contributed by atoms with van der Waals surface area (Å²) >= 11 is 5.94. The normalized spacial score (nSPS) is 12.5. The van der Waals surface area contributed by atoms with Gasteiger partial charge in [-0.25, -0.2) is 0 Å². The molecule has 2 N–H and O–H groups in total. The van der Waals surface area contributed by atoms with Crippen LogP contribution >= 0.6 is 11.6 Å². The van der Waals surface area contributed by atoms with Crippen LogP contribution in [0.3, 0.4) is 0 Å². The lowest BCUT2D eigenvalue weighted by Crippen LogP contribution is -2.31. The fraction of sp³-hybridized carbons (Fsp3) is 0.400. The van der Waals surface area contributed by atoms with Gasteiger partial charge in [0, 0.05) is 18.1 Å². The minimum absolute atomic E-state index is 0.129. The maximum absolute atomic E-state index is 9.07. The number of aliphatic hydroxyl groups excluding tert-OH is 2. The van der Waals surface area contributed by atoms with Crippen LogP contribution in [0.15, 0.2) is 48.5 Å². The second kappa shape index (κ2) is 9.80. The van der Waals surface area contributed by atoms with Crippen LogP contribution in [0.5, 0.6) is 0 Å². The monoisotopic (exact) mass is 347 g/mol. The number of hydrogen-bond acceptors (Lipinski definition) is 3. The van der Waals surface area contributed by atoms with Crippen LogP contribution in [0, 0.1) is 0 Å². The lowest BCUT2D eigenvalue weighted by molar-refractivity contribution is 0.158. The Morgan fingerprint density at radius 1 is 0.833 bits per heavy atom. The van der Waals surface area contributed by atoms with Gasteiger partial charge in [-0.15, -0.1) is 0 Å². The van der Waals surface area contributed by atoms with Gasteiger partial charge in [-0.2, -0.15) is 0 Å². The molecular weight excluding hydrogens is 322 g/mol. The van der Waals surface area contributed by atoms with E-state index in [1.807, 2.05) is 24.3 Å². The second-order valence-electron chi connectivity index (χ2n) is 6.11. The molecule has 2 aromatic rings. The van der Waals surface area contributed by atoms with Crippen molar-refractivity contribution >= 4 is 11.6 Å². The fourth-order valence-corrected chi connectivity index (χ4v) is 2.93. The zero-order chi connectivity index (χ0) is 17.4. The molecule has 0 saturated carbocycles. The summed E-state index contributed by atoms with van der Waals surface area (Å²) in [7, 11) is 0. The number of rotatable bonds is 9. The Hall–Kier alpha value is -1.39. The average Bonchev–Trinajstić information content (AvgIpc) is 2.60. The van der Waals surface area contributed by atoms with Crippen molar-refractivity contribution in [2.24, 2.45) is 0 Å². The van der Waals surface area contributed by atoms with E-state index in [1.165, 1.54) is 11.1 Å². The number of nitrogens with zero attached hydrogens (tertiary/aromatic N) is 1. The molecule has 1 atom stereocenters. The molecule has 0 bridgehead atoms. The van der Waals surface area contributed by atoms with Crippen molar-refractivity contribution in [1.82, 2.24) is 4.90 Å². The van der Waals surface area contributed by atoms with Gasteiger partial charge in [0.1, 0.15) is 0 Å². The van der Waals surface area contributed by atoms with Gasteiger partial charge in [0.05, 0.1) is 13.2 Å². The van der Waals surface area contributed by atoms with Crippen LogP contribution in [0.2, 0.25) is 5.02 Å². The maximum atomic E-state index is 9.07. The van der Waals surface area contributed by atoms with Crippen LogP contribution in [0.4, 0.5) is 0 Å². The standard InChI is InChI=1S/C20H26ClNO2/c1-16(10-11-22(12-14-23)13-15-24)17-2-4-18(5-3-17)19-6-8-20(21)9-7-19/h2-9,16,23-24H,10-15H2,1H3. The van der Waals surface area contributed by atoms with Crippen molar-refractivity contribution in [2.45, 2.75) is 19.3 Å². The van der Waals surface area contributed by atoms with E-state index in [2.05, 4.69) is 36.1 Å².